The van der Waals surface area contributed by atoms with Gasteiger partial charge < -0.3 is 19.3 Å². The number of nitrogens with one attached hydrogen (secondary N) is 1. The van der Waals surface area contributed by atoms with Gasteiger partial charge in [-0.25, -0.2) is 9.59 Å². The third-order valence-electron chi connectivity index (χ3n) is 6.54. The zero-order valence-electron chi connectivity index (χ0n) is 25.9. The molecule has 208 valence electrons. The Morgan fingerprint density at radius 3 is 2.39 bits per heavy atom. The summed E-state index contributed by atoms with van der Waals surface area (Å²) in [6.07, 6.45) is -0.749. The van der Waals surface area contributed by atoms with Crippen molar-refractivity contribution in [1.82, 2.24) is 15.1 Å². The van der Waals surface area contributed by atoms with Gasteiger partial charge >= 0.3 is 12.1 Å². The van der Waals surface area contributed by atoms with Gasteiger partial charge in [-0.1, -0.05) is 11.6 Å². The maximum absolute atomic E-state index is 13.3. The molecule has 3 heterocycles. The summed E-state index contributed by atoms with van der Waals surface area (Å²) in [5, 5.41) is 2.54. The normalized spacial score (nSPS) is 24.2. The number of hydrogen-bond acceptors (Lipinski definition) is 6. The van der Waals surface area contributed by atoms with E-state index in [2.05, 4.69) is 5.32 Å². The average molecular weight is 553 g/mol. The smallest absolute Gasteiger partial charge is 0.410 e. The van der Waals surface area contributed by atoms with Crippen molar-refractivity contribution in [3.8, 4) is 0 Å². The molecule has 0 aliphatic carbocycles. The first-order chi connectivity index (χ1) is 19.5. The van der Waals surface area contributed by atoms with Crippen molar-refractivity contribution < 1.29 is 34.1 Å². The van der Waals surface area contributed by atoms with Crippen LogP contribution in [0.4, 0.5) is 15.3 Å². The highest BCUT2D eigenvalue weighted by Gasteiger charge is 2.30. The van der Waals surface area contributed by atoms with Crippen LogP contribution < -0.4 is 10.2 Å². The SMILES string of the molecule is [2H]C1([2H])CC(OCC2CCN(C(=O)c3ccc(Cl)c(N4CCC(=O)NC4=O)c3)CC2)CC([2H])([2H])N1C(=O)OC(C)(C)C. The van der Waals surface area contributed by atoms with Gasteiger partial charge in [0, 0.05) is 56.7 Å². The summed E-state index contributed by atoms with van der Waals surface area (Å²) in [6.45, 7) is 1.67. The second-order valence-corrected chi connectivity index (χ2v) is 11.1. The zero-order chi connectivity index (χ0) is 31.0. The Labute approximate surface area is 234 Å². The lowest BCUT2D eigenvalue weighted by Crippen LogP contribution is -2.49. The minimum absolute atomic E-state index is 0.0880. The van der Waals surface area contributed by atoms with Gasteiger partial charge in [-0.2, -0.15) is 0 Å². The number of rotatable bonds is 5. The number of ether oxygens (including phenoxy) is 2. The van der Waals surface area contributed by atoms with Crippen molar-refractivity contribution in [3.05, 3.63) is 28.8 Å². The lowest BCUT2D eigenvalue weighted by Gasteiger charge is -2.35. The Morgan fingerprint density at radius 2 is 1.76 bits per heavy atom. The Hall–Kier alpha value is -2.85. The van der Waals surface area contributed by atoms with E-state index in [0.29, 0.717) is 42.1 Å². The molecule has 5 amide bonds. The highest BCUT2D eigenvalue weighted by molar-refractivity contribution is 6.34. The topological polar surface area (TPSA) is 108 Å². The van der Waals surface area contributed by atoms with Crippen LogP contribution in [-0.2, 0) is 14.3 Å². The molecule has 0 saturated carbocycles. The molecule has 38 heavy (non-hydrogen) atoms. The fraction of sp³-hybridized carbons (Fsp3) is 0.630. The molecule has 4 rings (SSSR count). The van der Waals surface area contributed by atoms with Crippen LogP contribution in [0.1, 0.15) is 68.7 Å². The largest absolute Gasteiger partial charge is 0.444 e. The summed E-state index contributed by atoms with van der Waals surface area (Å²) in [5.41, 5.74) is -0.169. The first kappa shape index (κ1) is 23.1. The van der Waals surface area contributed by atoms with Crippen LogP contribution in [0.15, 0.2) is 18.2 Å². The van der Waals surface area contributed by atoms with Crippen molar-refractivity contribution >= 4 is 41.2 Å². The van der Waals surface area contributed by atoms with E-state index in [1.54, 1.807) is 43.9 Å². The van der Waals surface area contributed by atoms with Gasteiger partial charge in [0.15, 0.2) is 0 Å². The fourth-order valence-electron chi connectivity index (χ4n) is 4.47. The molecular weight excluding hydrogens is 512 g/mol. The van der Waals surface area contributed by atoms with Crippen molar-refractivity contribution in [3.63, 3.8) is 0 Å². The van der Waals surface area contributed by atoms with Gasteiger partial charge in [0.05, 0.1) is 16.8 Å². The van der Waals surface area contributed by atoms with E-state index in [4.69, 9.17) is 26.6 Å². The zero-order valence-corrected chi connectivity index (χ0v) is 22.7. The van der Waals surface area contributed by atoms with Gasteiger partial charge in [-0.3, -0.25) is 19.8 Å². The minimum Gasteiger partial charge on any atom is -0.444 e. The number of likely N-dealkylation sites (tertiary alicyclic amines) is 2. The van der Waals surface area contributed by atoms with Crippen LogP contribution in [0.2, 0.25) is 5.02 Å². The third kappa shape index (κ3) is 7.17. The Balaban J connectivity index is 1.31. The molecule has 1 N–H and O–H groups in total. The number of hydrogen-bond donors (Lipinski definition) is 1. The molecule has 0 spiro atoms. The van der Waals surface area contributed by atoms with Crippen molar-refractivity contribution in [1.29, 1.82) is 0 Å². The Kier molecular flexibility index (Phi) is 7.23. The first-order valence-electron chi connectivity index (χ1n) is 14.8. The number of urea groups is 1. The molecule has 0 unspecified atom stereocenters. The van der Waals surface area contributed by atoms with Crippen molar-refractivity contribution in [2.75, 3.05) is 44.1 Å². The highest BCUT2D eigenvalue weighted by Crippen LogP contribution is 2.30. The van der Waals surface area contributed by atoms with E-state index in [1.165, 1.54) is 4.90 Å². The van der Waals surface area contributed by atoms with E-state index in [-0.39, 0.29) is 55.2 Å². The molecule has 3 saturated heterocycles. The predicted octanol–water partition coefficient (Wildman–Crippen LogP) is 4.05. The second-order valence-electron chi connectivity index (χ2n) is 10.7. The number of halogens is 1. The first-order valence-corrected chi connectivity index (χ1v) is 13.2. The molecule has 10 nitrogen and oxygen atoms in total. The number of benzene rings is 1. The molecule has 3 aliphatic rings. The van der Waals surface area contributed by atoms with Gasteiger partial charge in [0.25, 0.3) is 5.91 Å². The molecule has 3 aliphatic heterocycles. The quantitative estimate of drug-likeness (QED) is 0.590. The predicted molar refractivity (Wildman–Crippen MR) is 142 cm³/mol. The maximum Gasteiger partial charge on any atom is 0.410 e. The lowest BCUT2D eigenvalue weighted by molar-refractivity contribution is -0.120. The molecular formula is C27H37ClN4O6. The molecule has 1 aromatic carbocycles. The second kappa shape index (κ2) is 11.9. The number of amides is 5. The van der Waals surface area contributed by atoms with Crippen molar-refractivity contribution in [2.45, 2.75) is 64.6 Å². The van der Waals surface area contributed by atoms with Crippen molar-refractivity contribution in [2.24, 2.45) is 5.92 Å². The summed E-state index contributed by atoms with van der Waals surface area (Å²) in [6, 6.07) is 4.12. The van der Waals surface area contributed by atoms with E-state index >= 15 is 0 Å². The van der Waals surface area contributed by atoms with E-state index in [1.807, 2.05) is 0 Å². The molecule has 0 radical (unpaired) electrons. The minimum atomic E-state index is -2.30. The number of imide groups is 1. The number of piperidine rings is 2. The monoisotopic (exact) mass is 552 g/mol. The lowest BCUT2D eigenvalue weighted by atomic mass is 9.97. The molecule has 0 atom stereocenters. The molecule has 3 fully saturated rings. The summed E-state index contributed by atoms with van der Waals surface area (Å²) >= 11 is 6.31. The molecule has 0 aromatic heterocycles. The van der Waals surface area contributed by atoms with Gasteiger partial charge in [0.1, 0.15) is 5.60 Å². The molecule has 0 bridgehead atoms. The highest BCUT2D eigenvalue weighted by atomic mass is 35.5. The third-order valence-corrected chi connectivity index (χ3v) is 6.86. The standard InChI is InChI=1S/C27H37ClN4O6/c1-27(2,3)38-26(36)31-13-8-20(9-14-31)37-17-18-6-11-30(12-7-18)24(34)19-4-5-21(28)22(16-19)32-15-10-23(33)29-25(32)35/h4-5,16,18,20H,6-15,17H2,1-3H3,(H,29,33,35)/i13D2,14D2. The van der Waals surface area contributed by atoms with Crippen LogP contribution in [0.25, 0.3) is 0 Å². The van der Waals surface area contributed by atoms with Crippen LogP contribution in [0, 0.1) is 5.92 Å². The van der Waals surface area contributed by atoms with Gasteiger partial charge in [-0.05, 0) is 70.6 Å². The summed E-state index contributed by atoms with van der Waals surface area (Å²) in [4.78, 5) is 53.2. The van der Waals surface area contributed by atoms with Crippen LogP contribution >= 0.6 is 11.6 Å². The van der Waals surface area contributed by atoms with E-state index in [9.17, 15) is 19.2 Å². The van der Waals surface area contributed by atoms with Crippen LogP contribution in [0.3, 0.4) is 0 Å². The molecule has 1 aromatic rings. The van der Waals surface area contributed by atoms with Crippen LogP contribution in [-0.4, -0.2) is 84.7 Å². The number of carbonyl (C=O) groups is 4. The Morgan fingerprint density at radius 1 is 1.08 bits per heavy atom. The fourth-order valence-corrected chi connectivity index (χ4v) is 4.69. The Bertz CT molecular complexity index is 1220. The molecule has 11 heteroatoms. The average Bonchev–Trinajstić information content (AvgIpc) is 2.85. The van der Waals surface area contributed by atoms with E-state index in [0.717, 1.165) is 0 Å². The number of nitrogens with zero attached hydrogens (tertiary/aromatic N) is 3. The summed E-state index contributed by atoms with van der Waals surface area (Å²) in [5.74, 6) is -0.489. The summed E-state index contributed by atoms with van der Waals surface area (Å²) < 4.78 is 44.7. The maximum atomic E-state index is 13.3. The number of carbonyl (C=O) groups excluding carboxylic acids is 4. The van der Waals surface area contributed by atoms with Crippen LogP contribution in [0.5, 0.6) is 0 Å². The summed E-state index contributed by atoms with van der Waals surface area (Å²) in [7, 11) is 0. The van der Waals surface area contributed by atoms with E-state index < -0.39 is 36.8 Å². The number of anilines is 1. The van der Waals surface area contributed by atoms with Gasteiger partial charge in [-0.15, -0.1) is 0 Å². The van der Waals surface area contributed by atoms with Gasteiger partial charge in [0.2, 0.25) is 5.91 Å².